The van der Waals surface area contributed by atoms with Gasteiger partial charge in [0.1, 0.15) is 0 Å². The average molecular weight is 388 g/mol. The summed E-state index contributed by atoms with van der Waals surface area (Å²) in [7, 11) is 0. The maximum absolute atomic E-state index is 13.0. The predicted octanol–water partition coefficient (Wildman–Crippen LogP) is 2.73. The summed E-state index contributed by atoms with van der Waals surface area (Å²) >= 11 is 1.34. The van der Waals surface area contributed by atoms with E-state index in [-0.39, 0.29) is 23.3 Å². The molecule has 1 aromatic heterocycles. The fraction of sp³-hybridized carbons (Fsp3) is 0.550. The van der Waals surface area contributed by atoms with Gasteiger partial charge in [-0.3, -0.25) is 14.2 Å². The number of carbonyl (C=O) groups is 1. The van der Waals surface area contributed by atoms with Crippen LogP contribution in [-0.4, -0.2) is 40.0 Å². The summed E-state index contributed by atoms with van der Waals surface area (Å²) in [6.45, 7) is 1.23. The first-order valence-corrected chi connectivity index (χ1v) is 10.7. The van der Waals surface area contributed by atoms with Crippen molar-refractivity contribution in [1.82, 2.24) is 14.9 Å². The van der Waals surface area contributed by atoms with E-state index in [9.17, 15) is 9.59 Å². The number of rotatable bonds is 6. The van der Waals surface area contributed by atoms with Gasteiger partial charge in [-0.2, -0.15) is 0 Å². The quantitative estimate of drug-likeness (QED) is 0.609. The second-order valence-electron chi connectivity index (χ2n) is 7.30. The maximum Gasteiger partial charge on any atom is 0.262 e. The van der Waals surface area contributed by atoms with Crippen molar-refractivity contribution in [2.45, 2.75) is 62.4 Å². The third-order valence-corrected chi connectivity index (χ3v) is 6.27. The molecule has 27 heavy (non-hydrogen) atoms. The minimum Gasteiger partial charge on any atom is -0.376 e. The Morgan fingerprint density at radius 1 is 1.22 bits per heavy atom. The summed E-state index contributed by atoms with van der Waals surface area (Å²) in [6, 6.07) is 7.68. The molecular weight excluding hydrogens is 362 g/mol. The number of hydrogen-bond donors (Lipinski definition) is 1. The van der Waals surface area contributed by atoms with E-state index in [0.717, 1.165) is 32.3 Å². The maximum atomic E-state index is 13.0. The largest absolute Gasteiger partial charge is 0.376 e. The van der Waals surface area contributed by atoms with Crippen molar-refractivity contribution >= 4 is 28.6 Å². The minimum atomic E-state index is -0.0604. The van der Waals surface area contributed by atoms with Gasteiger partial charge in [0.05, 0.1) is 29.3 Å². The SMILES string of the molecule is O=C(CSc1nc2ccccc2c(=O)n1C[C@@H]1CCCO1)NC1CCCC1. The molecule has 1 saturated carbocycles. The summed E-state index contributed by atoms with van der Waals surface area (Å²) in [5.74, 6) is 0.283. The Balaban J connectivity index is 1.55. The van der Waals surface area contributed by atoms with E-state index in [1.807, 2.05) is 18.2 Å². The van der Waals surface area contributed by atoms with Crippen LogP contribution < -0.4 is 10.9 Å². The Kier molecular flexibility index (Phi) is 5.78. The van der Waals surface area contributed by atoms with E-state index in [4.69, 9.17) is 4.74 Å². The Morgan fingerprint density at radius 3 is 2.81 bits per heavy atom. The van der Waals surface area contributed by atoms with Crippen molar-refractivity contribution in [1.29, 1.82) is 0 Å². The molecule has 4 rings (SSSR count). The molecule has 144 valence electrons. The monoisotopic (exact) mass is 387 g/mol. The Hall–Kier alpha value is -1.86. The number of nitrogens with one attached hydrogen (secondary N) is 1. The number of hydrogen-bond acceptors (Lipinski definition) is 5. The fourth-order valence-corrected chi connectivity index (χ4v) is 4.70. The second-order valence-corrected chi connectivity index (χ2v) is 8.24. The molecule has 0 spiro atoms. The normalized spacial score (nSPS) is 20.4. The zero-order valence-electron chi connectivity index (χ0n) is 15.4. The van der Waals surface area contributed by atoms with E-state index in [1.165, 1.54) is 24.6 Å². The highest BCUT2D eigenvalue weighted by atomic mass is 32.2. The van der Waals surface area contributed by atoms with Gasteiger partial charge in [-0.05, 0) is 37.8 Å². The summed E-state index contributed by atoms with van der Waals surface area (Å²) < 4.78 is 7.40. The Labute approximate surface area is 162 Å². The van der Waals surface area contributed by atoms with Crippen LogP contribution in [0.2, 0.25) is 0 Å². The number of benzene rings is 1. The molecule has 1 aliphatic carbocycles. The topological polar surface area (TPSA) is 73.2 Å². The highest BCUT2D eigenvalue weighted by Gasteiger charge is 2.21. The number of carbonyl (C=O) groups excluding carboxylic acids is 1. The molecule has 2 heterocycles. The molecule has 0 radical (unpaired) electrons. The van der Waals surface area contributed by atoms with Gasteiger partial charge in [0.25, 0.3) is 5.56 Å². The summed E-state index contributed by atoms with van der Waals surface area (Å²) in [4.78, 5) is 30.0. The first-order valence-electron chi connectivity index (χ1n) is 9.74. The predicted molar refractivity (Wildman–Crippen MR) is 106 cm³/mol. The van der Waals surface area contributed by atoms with Crippen molar-refractivity contribution in [3.63, 3.8) is 0 Å². The number of nitrogens with zero attached hydrogens (tertiary/aromatic N) is 2. The van der Waals surface area contributed by atoms with E-state index in [2.05, 4.69) is 10.3 Å². The van der Waals surface area contributed by atoms with Crippen LogP contribution in [0, 0.1) is 0 Å². The van der Waals surface area contributed by atoms with Crippen LogP contribution >= 0.6 is 11.8 Å². The van der Waals surface area contributed by atoms with E-state index in [0.29, 0.717) is 28.6 Å². The molecule has 1 aromatic carbocycles. The molecule has 1 aliphatic heterocycles. The summed E-state index contributed by atoms with van der Waals surface area (Å²) in [5.41, 5.74) is 0.611. The fourth-order valence-electron chi connectivity index (χ4n) is 3.88. The van der Waals surface area contributed by atoms with Gasteiger partial charge in [-0.25, -0.2) is 4.98 Å². The zero-order chi connectivity index (χ0) is 18.6. The third kappa shape index (κ3) is 4.35. The van der Waals surface area contributed by atoms with Crippen molar-refractivity contribution in [3.8, 4) is 0 Å². The van der Waals surface area contributed by atoms with Gasteiger partial charge in [-0.15, -0.1) is 0 Å². The van der Waals surface area contributed by atoms with Crippen LogP contribution in [0.1, 0.15) is 38.5 Å². The van der Waals surface area contributed by atoms with Crippen LogP contribution in [0.5, 0.6) is 0 Å². The standard InChI is InChI=1S/C20H25N3O3S/c24-18(21-14-6-1-2-7-14)13-27-20-22-17-10-4-3-9-16(17)19(25)23(20)12-15-8-5-11-26-15/h3-4,9-10,14-15H,1-2,5-8,11-13H2,(H,21,24)/t15-/m0/s1. The van der Waals surface area contributed by atoms with Gasteiger partial charge in [0, 0.05) is 12.6 Å². The van der Waals surface area contributed by atoms with Crippen molar-refractivity contribution in [2.75, 3.05) is 12.4 Å². The van der Waals surface area contributed by atoms with Gasteiger partial charge in [-0.1, -0.05) is 36.7 Å². The number of para-hydroxylation sites is 1. The van der Waals surface area contributed by atoms with Gasteiger partial charge in [0.15, 0.2) is 5.16 Å². The first kappa shape index (κ1) is 18.5. The molecule has 7 heteroatoms. The van der Waals surface area contributed by atoms with E-state index >= 15 is 0 Å². The smallest absolute Gasteiger partial charge is 0.262 e. The number of fused-ring (bicyclic) bond motifs is 1. The summed E-state index contributed by atoms with van der Waals surface area (Å²) in [5, 5.41) is 4.29. The Morgan fingerprint density at radius 2 is 2.04 bits per heavy atom. The van der Waals surface area contributed by atoms with Crippen LogP contribution in [0.25, 0.3) is 10.9 Å². The first-order chi connectivity index (χ1) is 13.2. The van der Waals surface area contributed by atoms with Crippen LogP contribution in [0.4, 0.5) is 0 Å². The molecule has 2 fully saturated rings. The zero-order valence-corrected chi connectivity index (χ0v) is 16.2. The van der Waals surface area contributed by atoms with Gasteiger partial charge >= 0.3 is 0 Å². The molecular formula is C20H25N3O3S. The number of amides is 1. The molecule has 6 nitrogen and oxygen atoms in total. The molecule has 0 bridgehead atoms. The van der Waals surface area contributed by atoms with E-state index in [1.54, 1.807) is 10.6 Å². The number of thioether (sulfide) groups is 1. The third-order valence-electron chi connectivity index (χ3n) is 5.29. The van der Waals surface area contributed by atoms with Crippen molar-refractivity contribution < 1.29 is 9.53 Å². The number of aromatic nitrogens is 2. The molecule has 1 atom stereocenters. The van der Waals surface area contributed by atoms with Gasteiger partial charge < -0.3 is 10.1 Å². The molecule has 1 N–H and O–H groups in total. The average Bonchev–Trinajstić information content (AvgIpc) is 3.37. The minimum absolute atomic E-state index is 0.0120. The highest BCUT2D eigenvalue weighted by molar-refractivity contribution is 7.99. The summed E-state index contributed by atoms with van der Waals surface area (Å²) in [6.07, 6.45) is 6.51. The van der Waals surface area contributed by atoms with Crippen LogP contribution in [0.15, 0.2) is 34.2 Å². The molecule has 0 unspecified atom stereocenters. The lowest BCUT2D eigenvalue weighted by Gasteiger charge is -2.17. The lowest BCUT2D eigenvalue weighted by atomic mass is 10.2. The molecule has 1 saturated heterocycles. The highest BCUT2D eigenvalue weighted by Crippen LogP contribution is 2.22. The van der Waals surface area contributed by atoms with Crippen molar-refractivity contribution in [2.24, 2.45) is 0 Å². The molecule has 2 aliphatic rings. The Bertz CT molecular complexity index is 870. The van der Waals surface area contributed by atoms with Gasteiger partial charge in [0.2, 0.25) is 5.91 Å². The lowest BCUT2D eigenvalue weighted by molar-refractivity contribution is -0.119. The molecule has 1 amide bonds. The second kappa shape index (κ2) is 8.44. The van der Waals surface area contributed by atoms with Crippen LogP contribution in [0.3, 0.4) is 0 Å². The lowest BCUT2D eigenvalue weighted by Crippen LogP contribution is -2.34. The van der Waals surface area contributed by atoms with Crippen molar-refractivity contribution in [3.05, 3.63) is 34.6 Å². The van der Waals surface area contributed by atoms with E-state index < -0.39 is 0 Å². The number of ether oxygens (including phenoxy) is 1. The van der Waals surface area contributed by atoms with Crippen LogP contribution in [-0.2, 0) is 16.1 Å². The molecule has 2 aromatic rings.